The predicted octanol–water partition coefficient (Wildman–Crippen LogP) is 3.05. The Kier molecular flexibility index (Phi) is 6.98. The molecule has 1 saturated heterocycles. The third-order valence-corrected chi connectivity index (χ3v) is 4.79. The van der Waals surface area contributed by atoms with Gasteiger partial charge in [0.1, 0.15) is 0 Å². The normalized spacial score (nSPS) is 15.8. The van der Waals surface area contributed by atoms with Crippen LogP contribution in [0.5, 0.6) is 0 Å². The summed E-state index contributed by atoms with van der Waals surface area (Å²) in [6.07, 6.45) is 3.58. The number of Topliss-reactive ketones (excluding diaryl/α,β-unsaturated/α-hetero) is 1. The maximum Gasteiger partial charge on any atom is 0.223 e. The van der Waals surface area contributed by atoms with E-state index in [0.29, 0.717) is 36.8 Å². The second-order valence-corrected chi connectivity index (χ2v) is 7.28. The zero-order valence-electron chi connectivity index (χ0n) is 15.0. The second kappa shape index (κ2) is 8.97. The van der Waals surface area contributed by atoms with Crippen LogP contribution in [0.4, 0.5) is 0 Å². The van der Waals surface area contributed by atoms with Crippen LogP contribution < -0.4 is 5.73 Å². The van der Waals surface area contributed by atoms with Crippen LogP contribution in [0.1, 0.15) is 55.5 Å². The van der Waals surface area contributed by atoms with E-state index in [9.17, 15) is 9.59 Å². The van der Waals surface area contributed by atoms with E-state index in [1.54, 1.807) is 0 Å². The van der Waals surface area contributed by atoms with Crippen molar-refractivity contribution in [2.24, 2.45) is 17.6 Å². The summed E-state index contributed by atoms with van der Waals surface area (Å²) in [5.74, 6) is 1.29. The number of carbonyl (C=O) groups is 2. The lowest BCUT2D eigenvalue weighted by atomic mass is 9.96. The summed E-state index contributed by atoms with van der Waals surface area (Å²) in [6.45, 7) is 6.62. The van der Waals surface area contributed by atoms with E-state index >= 15 is 0 Å². The van der Waals surface area contributed by atoms with Crippen LogP contribution in [-0.2, 0) is 11.2 Å². The fourth-order valence-corrected chi connectivity index (χ4v) is 3.24. The standard InChI is InChI=1S/C20H30N2O2/c1-15(2)13-16-3-5-18(6-4-16)19(23)7-8-20(24)22-11-9-17(14-21)10-12-22/h3-6,15,17H,7-14,21H2,1-2H3. The summed E-state index contributed by atoms with van der Waals surface area (Å²) < 4.78 is 0. The number of likely N-dealkylation sites (tertiary alicyclic amines) is 1. The van der Waals surface area contributed by atoms with E-state index in [-0.39, 0.29) is 11.7 Å². The summed E-state index contributed by atoms with van der Waals surface area (Å²) in [5.41, 5.74) is 7.63. The van der Waals surface area contributed by atoms with Gasteiger partial charge < -0.3 is 10.6 Å². The quantitative estimate of drug-likeness (QED) is 0.782. The Morgan fingerprint density at radius 2 is 1.75 bits per heavy atom. The first-order valence-corrected chi connectivity index (χ1v) is 9.09. The van der Waals surface area contributed by atoms with E-state index in [0.717, 1.165) is 32.4 Å². The maximum absolute atomic E-state index is 12.3. The molecule has 0 unspecified atom stereocenters. The van der Waals surface area contributed by atoms with Crippen molar-refractivity contribution in [1.82, 2.24) is 4.90 Å². The van der Waals surface area contributed by atoms with Crippen molar-refractivity contribution in [3.63, 3.8) is 0 Å². The minimum absolute atomic E-state index is 0.0521. The molecule has 1 aromatic rings. The molecule has 2 N–H and O–H groups in total. The van der Waals surface area contributed by atoms with Gasteiger partial charge in [-0.1, -0.05) is 38.1 Å². The van der Waals surface area contributed by atoms with Gasteiger partial charge >= 0.3 is 0 Å². The van der Waals surface area contributed by atoms with E-state index in [4.69, 9.17) is 5.73 Å². The minimum Gasteiger partial charge on any atom is -0.343 e. The van der Waals surface area contributed by atoms with Crippen molar-refractivity contribution in [3.8, 4) is 0 Å². The molecule has 0 saturated carbocycles. The van der Waals surface area contributed by atoms with Crippen LogP contribution in [-0.4, -0.2) is 36.2 Å². The molecule has 1 aromatic carbocycles. The van der Waals surface area contributed by atoms with Crippen LogP contribution in [0.3, 0.4) is 0 Å². The van der Waals surface area contributed by atoms with Crippen molar-refractivity contribution in [2.45, 2.75) is 46.0 Å². The number of hydrogen-bond acceptors (Lipinski definition) is 3. The fourth-order valence-electron chi connectivity index (χ4n) is 3.24. The van der Waals surface area contributed by atoms with Crippen molar-refractivity contribution in [3.05, 3.63) is 35.4 Å². The third kappa shape index (κ3) is 5.45. The number of nitrogens with two attached hydrogens (primary N) is 1. The predicted molar refractivity (Wildman–Crippen MR) is 96.9 cm³/mol. The molecule has 1 heterocycles. The van der Waals surface area contributed by atoms with Gasteiger partial charge in [-0.15, -0.1) is 0 Å². The molecule has 2 rings (SSSR count). The van der Waals surface area contributed by atoms with Crippen LogP contribution in [0.25, 0.3) is 0 Å². The molecule has 4 heteroatoms. The molecular formula is C20H30N2O2. The Hall–Kier alpha value is -1.68. The zero-order chi connectivity index (χ0) is 17.5. The van der Waals surface area contributed by atoms with Crippen LogP contribution in [0, 0.1) is 11.8 Å². The molecule has 0 aromatic heterocycles. The molecule has 1 aliphatic rings. The summed E-state index contributed by atoms with van der Waals surface area (Å²) in [4.78, 5) is 26.4. The highest BCUT2D eigenvalue weighted by molar-refractivity contribution is 5.98. The molecule has 0 radical (unpaired) electrons. The molecule has 4 nitrogen and oxygen atoms in total. The molecule has 132 valence electrons. The smallest absolute Gasteiger partial charge is 0.223 e. The van der Waals surface area contributed by atoms with Gasteiger partial charge in [0.15, 0.2) is 5.78 Å². The Morgan fingerprint density at radius 1 is 1.12 bits per heavy atom. The van der Waals surface area contributed by atoms with Gasteiger partial charge in [-0.2, -0.15) is 0 Å². The van der Waals surface area contributed by atoms with Gasteiger partial charge in [-0.25, -0.2) is 0 Å². The number of rotatable bonds is 7. The molecule has 24 heavy (non-hydrogen) atoms. The summed E-state index contributed by atoms with van der Waals surface area (Å²) >= 11 is 0. The Morgan fingerprint density at radius 3 is 2.29 bits per heavy atom. The number of hydrogen-bond donors (Lipinski definition) is 1. The lowest BCUT2D eigenvalue weighted by Gasteiger charge is -2.31. The maximum atomic E-state index is 12.3. The first-order valence-electron chi connectivity index (χ1n) is 9.09. The van der Waals surface area contributed by atoms with E-state index in [1.807, 2.05) is 29.2 Å². The number of carbonyl (C=O) groups excluding carboxylic acids is 2. The highest BCUT2D eigenvalue weighted by atomic mass is 16.2. The topological polar surface area (TPSA) is 63.4 Å². The first kappa shape index (κ1) is 18.7. The van der Waals surface area contributed by atoms with Gasteiger partial charge in [0.25, 0.3) is 0 Å². The Balaban J connectivity index is 1.79. The number of amides is 1. The summed E-state index contributed by atoms with van der Waals surface area (Å²) in [5, 5.41) is 0. The lowest BCUT2D eigenvalue weighted by Crippen LogP contribution is -2.40. The van der Waals surface area contributed by atoms with Crippen molar-refractivity contribution in [2.75, 3.05) is 19.6 Å². The highest BCUT2D eigenvalue weighted by Crippen LogP contribution is 2.17. The lowest BCUT2D eigenvalue weighted by molar-refractivity contribution is -0.132. The molecule has 0 aliphatic carbocycles. The first-order chi connectivity index (χ1) is 11.5. The summed E-state index contributed by atoms with van der Waals surface area (Å²) in [7, 11) is 0. The average Bonchev–Trinajstić information content (AvgIpc) is 2.59. The Labute approximate surface area is 145 Å². The number of nitrogens with zero attached hydrogens (tertiary/aromatic N) is 1. The number of piperidine rings is 1. The monoisotopic (exact) mass is 330 g/mol. The molecule has 1 amide bonds. The number of ketones is 1. The van der Waals surface area contributed by atoms with Gasteiger partial charge in [0.2, 0.25) is 5.91 Å². The van der Waals surface area contributed by atoms with Crippen molar-refractivity contribution in [1.29, 1.82) is 0 Å². The van der Waals surface area contributed by atoms with Gasteiger partial charge in [-0.3, -0.25) is 9.59 Å². The van der Waals surface area contributed by atoms with Gasteiger partial charge in [-0.05, 0) is 43.2 Å². The molecule has 1 fully saturated rings. The van der Waals surface area contributed by atoms with E-state index in [2.05, 4.69) is 13.8 Å². The van der Waals surface area contributed by atoms with Crippen LogP contribution >= 0.6 is 0 Å². The number of benzene rings is 1. The SMILES string of the molecule is CC(C)Cc1ccc(C(=O)CCC(=O)N2CCC(CN)CC2)cc1. The molecule has 0 spiro atoms. The molecule has 0 bridgehead atoms. The largest absolute Gasteiger partial charge is 0.343 e. The van der Waals surface area contributed by atoms with Crippen LogP contribution in [0.15, 0.2) is 24.3 Å². The molecule has 0 atom stereocenters. The second-order valence-electron chi connectivity index (χ2n) is 7.28. The highest BCUT2D eigenvalue weighted by Gasteiger charge is 2.22. The van der Waals surface area contributed by atoms with Gasteiger partial charge in [0, 0.05) is 31.5 Å². The summed E-state index contributed by atoms with van der Waals surface area (Å²) in [6, 6.07) is 7.81. The van der Waals surface area contributed by atoms with E-state index in [1.165, 1.54) is 5.56 Å². The van der Waals surface area contributed by atoms with Crippen molar-refractivity contribution < 1.29 is 9.59 Å². The zero-order valence-corrected chi connectivity index (χ0v) is 15.0. The fraction of sp³-hybridized carbons (Fsp3) is 0.600. The third-order valence-electron chi connectivity index (χ3n) is 4.79. The molecule has 1 aliphatic heterocycles. The Bertz CT molecular complexity index is 543. The molecular weight excluding hydrogens is 300 g/mol. The van der Waals surface area contributed by atoms with Gasteiger partial charge in [0.05, 0.1) is 0 Å². The van der Waals surface area contributed by atoms with E-state index < -0.39 is 0 Å². The van der Waals surface area contributed by atoms with Crippen molar-refractivity contribution >= 4 is 11.7 Å². The van der Waals surface area contributed by atoms with Crippen LogP contribution in [0.2, 0.25) is 0 Å². The minimum atomic E-state index is 0.0521. The average molecular weight is 330 g/mol.